The second kappa shape index (κ2) is 11.6. The second-order valence-corrected chi connectivity index (χ2v) is 7.03. The van der Waals surface area contributed by atoms with E-state index in [1.807, 2.05) is 42.2 Å². The second-order valence-electron chi connectivity index (χ2n) is 7.03. The van der Waals surface area contributed by atoms with E-state index in [1.54, 1.807) is 0 Å². The molecule has 0 aliphatic carbocycles. The summed E-state index contributed by atoms with van der Waals surface area (Å²) >= 11 is 0. The van der Waals surface area contributed by atoms with Crippen LogP contribution in [0.15, 0.2) is 35.3 Å². The highest BCUT2D eigenvalue weighted by molar-refractivity contribution is 5.85. The summed E-state index contributed by atoms with van der Waals surface area (Å²) in [6.45, 7) is 5.36. The van der Waals surface area contributed by atoms with Gasteiger partial charge in [-0.25, -0.2) is 4.99 Å². The van der Waals surface area contributed by atoms with Gasteiger partial charge >= 0.3 is 6.18 Å². The van der Waals surface area contributed by atoms with Gasteiger partial charge in [-0.15, -0.1) is 0 Å². The molecular formula is C20H30F3N5O2. The van der Waals surface area contributed by atoms with Gasteiger partial charge in [0.15, 0.2) is 5.96 Å². The van der Waals surface area contributed by atoms with Crippen LogP contribution in [-0.2, 0) is 4.79 Å². The lowest BCUT2D eigenvalue weighted by molar-refractivity contribution is -0.157. The number of nitrogens with one attached hydrogen (secondary N) is 1. The van der Waals surface area contributed by atoms with Gasteiger partial charge in [-0.3, -0.25) is 9.69 Å². The van der Waals surface area contributed by atoms with Crippen LogP contribution in [0, 0.1) is 0 Å². The van der Waals surface area contributed by atoms with E-state index in [0.717, 1.165) is 32.4 Å². The van der Waals surface area contributed by atoms with Crippen molar-refractivity contribution in [1.82, 2.24) is 20.0 Å². The summed E-state index contributed by atoms with van der Waals surface area (Å²) in [7, 11) is 1.13. The highest BCUT2D eigenvalue weighted by atomic mass is 19.4. The number of rotatable bonds is 8. The molecule has 1 aliphatic rings. The molecule has 0 radical (unpaired) electrons. The van der Waals surface area contributed by atoms with Crippen LogP contribution in [0.25, 0.3) is 0 Å². The molecule has 2 rings (SSSR count). The normalized spacial score (nSPS) is 15.8. The molecule has 1 N–H and O–H groups in total. The maximum absolute atomic E-state index is 12.4. The minimum Gasteiger partial charge on any atom is -0.492 e. The van der Waals surface area contributed by atoms with E-state index in [1.165, 1.54) is 0 Å². The molecule has 30 heavy (non-hydrogen) atoms. The SMILES string of the molecule is CCNC(=NCC(=O)N(C)CC(F)(F)F)N1CCN(CCOc2ccccc2)CC1. The highest BCUT2D eigenvalue weighted by Crippen LogP contribution is 2.15. The zero-order valence-corrected chi connectivity index (χ0v) is 17.5. The van der Waals surface area contributed by atoms with Crippen molar-refractivity contribution in [3.8, 4) is 5.75 Å². The number of amides is 1. The van der Waals surface area contributed by atoms with Crippen molar-refractivity contribution in [3.05, 3.63) is 30.3 Å². The van der Waals surface area contributed by atoms with E-state index in [-0.39, 0.29) is 6.54 Å². The largest absolute Gasteiger partial charge is 0.492 e. The van der Waals surface area contributed by atoms with E-state index < -0.39 is 18.6 Å². The summed E-state index contributed by atoms with van der Waals surface area (Å²) < 4.78 is 43.0. The molecule has 10 heteroatoms. The molecule has 1 fully saturated rings. The summed E-state index contributed by atoms with van der Waals surface area (Å²) in [5.74, 6) is 0.726. The first-order valence-electron chi connectivity index (χ1n) is 10.0. The molecule has 0 aromatic heterocycles. The number of benzene rings is 1. The standard InChI is InChI=1S/C20H30F3N5O2/c1-3-24-19(25-15-18(29)26(2)16-20(21,22)23)28-11-9-27(10-12-28)13-14-30-17-7-5-4-6-8-17/h4-8H,3,9-16H2,1-2H3,(H,24,25). The quantitative estimate of drug-likeness (QED) is 0.503. The number of hydrogen-bond acceptors (Lipinski definition) is 4. The average molecular weight is 429 g/mol. The van der Waals surface area contributed by atoms with E-state index in [9.17, 15) is 18.0 Å². The van der Waals surface area contributed by atoms with E-state index in [2.05, 4.69) is 15.2 Å². The first-order valence-corrected chi connectivity index (χ1v) is 10.0. The summed E-state index contributed by atoms with van der Waals surface area (Å²) in [5.41, 5.74) is 0. The third-order valence-corrected chi connectivity index (χ3v) is 4.63. The molecule has 1 heterocycles. The predicted octanol–water partition coefficient (Wildman–Crippen LogP) is 1.67. The maximum Gasteiger partial charge on any atom is 0.406 e. The molecule has 7 nitrogen and oxygen atoms in total. The minimum atomic E-state index is -4.42. The first-order chi connectivity index (χ1) is 14.3. The number of guanidine groups is 1. The summed E-state index contributed by atoms with van der Waals surface area (Å²) in [4.78, 5) is 21.2. The Morgan fingerprint density at radius 2 is 1.87 bits per heavy atom. The molecule has 0 saturated carbocycles. The van der Waals surface area contributed by atoms with Crippen molar-refractivity contribution in [2.24, 2.45) is 4.99 Å². The number of likely N-dealkylation sites (N-methyl/N-ethyl adjacent to an activating group) is 1. The Balaban J connectivity index is 1.78. The fourth-order valence-corrected chi connectivity index (χ4v) is 3.04. The monoisotopic (exact) mass is 429 g/mol. The molecule has 0 unspecified atom stereocenters. The van der Waals surface area contributed by atoms with Crippen molar-refractivity contribution in [1.29, 1.82) is 0 Å². The van der Waals surface area contributed by atoms with Gasteiger partial charge in [0.2, 0.25) is 5.91 Å². The fraction of sp³-hybridized carbons (Fsp3) is 0.600. The van der Waals surface area contributed by atoms with Gasteiger partial charge in [0, 0.05) is 46.3 Å². The van der Waals surface area contributed by atoms with Gasteiger partial charge in [-0.05, 0) is 19.1 Å². The maximum atomic E-state index is 12.4. The molecular weight excluding hydrogens is 399 g/mol. The van der Waals surface area contributed by atoms with Crippen LogP contribution in [-0.4, -0.2) is 98.8 Å². The molecule has 0 bridgehead atoms. The number of para-hydroxylation sites is 1. The van der Waals surface area contributed by atoms with Crippen molar-refractivity contribution in [3.63, 3.8) is 0 Å². The Hall–Kier alpha value is -2.49. The molecule has 1 aliphatic heterocycles. The molecule has 1 saturated heterocycles. The van der Waals surface area contributed by atoms with Gasteiger partial charge in [0.05, 0.1) is 0 Å². The van der Waals surface area contributed by atoms with E-state index in [4.69, 9.17) is 4.74 Å². The molecule has 1 aromatic rings. The minimum absolute atomic E-state index is 0.319. The molecule has 0 spiro atoms. The Kier molecular flexibility index (Phi) is 9.22. The Labute approximate surface area is 175 Å². The van der Waals surface area contributed by atoms with Crippen LogP contribution >= 0.6 is 0 Å². The van der Waals surface area contributed by atoms with E-state index >= 15 is 0 Å². The number of ether oxygens (including phenoxy) is 1. The predicted molar refractivity (Wildman–Crippen MR) is 110 cm³/mol. The first kappa shape index (κ1) is 23.8. The van der Waals surface area contributed by atoms with Crippen LogP contribution < -0.4 is 10.1 Å². The van der Waals surface area contributed by atoms with Crippen LogP contribution in [0.1, 0.15) is 6.92 Å². The zero-order chi connectivity index (χ0) is 22.0. The van der Waals surface area contributed by atoms with Crippen LogP contribution in [0.4, 0.5) is 13.2 Å². The molecule has 1 amide bonds. The smallest absolute Gasteiger partial charge is 0.406 e. The number of hydrogen-bond donors (Lipinski definition) is 1. The van der Waals surface area contributed by atoms with E-state index in [0.29, 0.717) is 37.1 Å². The third-order valence-electron chi connectivity index (χ3n) is 4.63. The van der Waals surface area contributed by atoms with Crippen molar-refractivity contribution in [2.45, 2.75) is 13.1 Å². The number of aliphatic imine (C=N–C) groups is 1. The lowest BCUT2D eigenvalue weighted by Crippen LogP contribution is -2.53. The topological polar surface area (TPSA) is 60.4 Å². The van der Waals surface area contributed by atoms with Crippen molar-refractivity contribution in [2.75, 3.05) is 66.0 Å². The summed E-state index contributed by atoms with van der Waals surface area (Å²) in [6.07, 6.45) is -4.42. The molecule has 168 valence electrons. The average Bonchev–Trinajstić information content (AvgIpc) is 2.71. The van der Waals surface area contributed by atoms with Gasteiger partial charge in [0.25, 0.3) is 0 Å². The third kappa shape index (κ3) is 8.48. The number of carbonyl (C=O) groups excluding carboxylic acids is 1. The molecule has 1 aromatic carbocycles. The van der Waals surface area contributed by atoms with Gasteiger partial charge in [0.1, 0.15) is 25.4 Å². The summed E-state index contributed by atoms with van der Waals surface area (Å²) in [5, 5.41) is 3.11. The number of piperazine rings is 1. The van der Waals surface area contributed by atoms with Crippen LogP contribution in [0.3, 0.4) is 0 Å². The Morgan fingerprint density at radius 1 is 1.20 bits per heavy atom. The van der Waals surface area contributed by atoms with Crippen molar-refractivity contribution >= 4 is 11.9 Å². The number of carbonyl (C=O) groups is 1. The van der Waals surface area contributed by atoms with Gasteiger partial charge in [-0.1, -0.05) is 18.2 Å². The van der Waals surface area contributed by atoms with Gasteiger partial charge < -0.3 is 19.9 Å². The fourth-order valence-electron chi connectivity index (χ4n) is 3.04. The van der Waals surface area contributed by atoms with Crippen molar-refractivity contribution < 1.29 is 22.7 Å². The Morgan fingerprint density at radius 3 is 2.47 bits per heavy atom. The Bertz CT molecular complexity index is 677. The zero-order valence-electron chi connectivity index (χ0n) is 17.5. The number of halogens is 3. The van der Waals surface area contributed by atoms with Crippen LogP contribution in [0.2, 0.25) is 0 Å². The lowest BCUT2D eigenvalue weighted by Gasteiger charge is -2.36. The summed E-state index contributed by atoms with van der Waals surface area (Å²) in [6, 6.07) is 9.65. The lowest BCUT2D eigenvalue weighted by atomic mass is 10.3. The van der Waals surface area contributed by atoms with Crippen LogP contribution in [0.5, 0.6) is 5.75 Å². The van der Waals surface area contributed by atoms with Gasteiger partial charge in [-0.2, -0.15) is 13.2 Å². The molecule has 0 atom stereocenters. The highest BCUT2D eigenvalue weighted by Gasteiger charge is 2.31. The number of nitrogens with zero attached hydrogens (tertiary/aromatic N) is 4. The number of alkyl halides is 3.